The molecule has 2 saturated heterocycles. The van der Waals surface area contributed by atoms with Crippen LogP contribution in [0.1, 0.15) is 58.8 Å². The van der Waals surface area contributed by atoms with E-state index in [0.717, 1.165) is 58.3 Å². The SMILES string of the molecule is CCC(CC)C(=O)N1CCC(NC(=O)CCC2CCNC2)CC1.Cl. The summed E-state index contributed by atoms with van der Waals surface area (Å²) in [5.41, 5.74) is 0. The third kappa shape index (κ3) is 6.25. The summed E-state index contributed by atoms with van der Waals surface area (Å²) < 4.78 is 0. The fourth-order valence-electron chi connectivity index (χ4n) is 3.74. The maximum Gasteiger partial charge on any atom is 0.225 e. The monoisotopic (exact) mass is 359 g/mol. The summed E-state index contributed by atoms with van der Waals surface area (Å²) in [5, 5.41) is 6.50. The van der Waals surface area contributed by atoms with E-state index in [-0.39, 0.29) is 30.3 Å². The van der Waals surface area contributed by atoms with Crippen LogP contribution >= 0.6 is 12.4 Å². The van der Waals surface area contributed by atoms with Crippen LogP contribution in [0.5, 0.6) is 0 Å². The van der Waals surface area contributed by atoms with Crippen LogP contribution < -0.4 is 10.6 Å². The van der Waals surface area contributed by atoms with Gasteiger partial charge in [-0.25, -0.2) is 0 Å². The van der Waals surface area contributed by atoms with Gasteiger partial charge in [0.15, 0.2) is 0 Å². The predicted molar refractivity (Wildman–Crippen MR) is 99.3 cm³/mol. The smallest absolute Gasteiger partial charge is 0.225 e. The van der Waals surface area contributed by atoms with Crippen molar-refractivity contribution in [1.82, 2.24) is 15.5 Å². The van der Waals surface area contributed by atoms with Crippen LogP contribution in [0, 0.1) is 11.8 Å². The number of hydrogen-bond donors (Lipinski definition) is 2. The Morgan fingerprint density at radius 2 is 1.83 bits per heavy atom. The zero-order chi connectivity index (χ0) is 16.7. The lowest BCUT2D eigenvalue weighted by Crippen LogP contribution is -2.48. The zero-order valence-corrected chi connectivity index (χ0v) is 16.0. The standard InChI is InChI=1S/C18H33N3O2.ClH/c1-3-15(4-2)18(23)21-11-8-16(9-12-21)20-17(22)6-5-14-7-10-19-13-14;/h14-16,19H,3-13H2,1-2H3,(H,20,22);1H. The van der Waals surface area contributed by atoms with Crippen molar-refractivity contribution in [2.24, 2.45) is 11.8 Å². The van der Waals surface area contributed by atoms with E-state index in [9.17, 15) is 9.59 Å². The molecule has 0 aromatic carbocycles. The lowest BCUT2D eigenvalue weighted by atomic mass is 9.98. The minimum atomic E-state index is 0. The van der Waals surface area contributed by atoms with Gasteiger partial charge in [-0.05, 0) is 57.5 Å². The van der Waals surface area contributed by atoms with Gasteiger partial charge in [0.2, 0.25) is 11.8 Å². The van der Waals surface area contributed by atoms with Gasteiger partial charge < -0.3 is 15.5 Å². The van der Waals surface area contributed by atoms with Crippen molar-refractivity contribution in [3.8, 4) is 0 Å². The molecule has 1 atom stereocenters. The first-order chi connectivity index (χ1) is 11.1. The van der Waals surface area contributed by atoms with E-state index in [4.69, 9.17) is 0 Å². The molecular formula is C18H34ClN3O2. The molecule has 6 heteroatoms. The number of hydrogen-bond acceptors (Lipinski definition) is 3. The fourth-order valence-corrected chi connectivity index (χ4v) is 3.74. The largest absolute Gasteiger partial charge is 0.353 e. The fraction of sp³-hybridized carbons (Fsp3) is 0.889. The molecule has 2 N–H and O–H groups in total. The lowest BCUT2D eigenvalue weighted by molar-refractivity contribution is -0.137. The number of amides is 2. The number of nitrogens with zero attached hydrogens (tertiary/aromatic N) is 1. The number of piperidine rings is 1. The molecule has 2 amide bonds. The van der Waals surface area contributed by atoms with Gasteiger partial charge >= 0.3 is 0 Å². The van der Waals surface area contributed by atoms with Gasteiger partial charge in [-0.3, -0.25) is 9.59 Å². The molecule has 24 heavy (non-hydrogen) atoms. The Bertz CT molecular complexity index is 388. The molecule has 0 aromatic heterocycles. The van der Waals surface area contributed by atoms with Crippen LogP contribution in [0.25, 0.3) is 0 Å². The van der Waals surface area contributed by atoms with Crippen LogP contribution in [0.15, 0.2) is 0 Å². The molecule has 0 bridgehead atoms. The van der Waals surface area contributed by atoms with Gasteiger partial charge in [0.05, 0.1) is 0 Å². The first kappa shape index (κ1) is 21.2. The summed E-state index contributed by atoms with van der Waals surface area (Å²) in [5.74, 6) is 1.32. The summed E-state index contributed by atoms with van der Waals surface area (Å²) >= 11 is 0. The predicted octanol–water partition coefficient (Wildman–Crippen LogP) is 2.34. The van der Waals surface area contributed by atoms with E-state index in [2.05, 4.69) is 24.5 Å². The van der Waals surface area contributed by atoms with Gasteiger partial charge in [-0.2, -0.15) is 0 Å². The minimum Gasteiger partial charge on any atom is -0.353 e. The molecule has 2 aliphatic heterocycles. The van der Waals surface area contributed by atoms with E-state index < -0.39 is 0 Å². The number of carbonyl (C=O) groups excluding carboxylic acids is 2. The van der Waals surface area contributed by atoms with Crippen LogP contribution in [0.4, 0.5) is 0 Å². The Kier molecular flexibility index (Phi) is 9.67. The maximum atomic E-state index is 12.4. The number of carbonyl (C=O) groups is 2. The van der Waals surface area contributed by atoms with E-state index in [1.165, 1.54) is 6.42 Å². The molecule has 1 unspecified atom stereocenters. The maximum absolute atomic E-state index is 12.4. The van der Waals surface area contributed by atoms with Crippen LogP contribution in [0.2, 0.25) is 0 Å². The number of nitrogens with one attached hydrogen (secondary N) is 2. The Morgan fingerprint density at radius 3 is 2.38 bits per heavy atom. The second-order valence-corrected chi connectivity index (χ2v) is 7.08. The molecule has 140 valence electrons. The number of halogens is 1. The molecule has 0 saturated carbocycles. The summed E-state index contributed by atoms with van der Waals surface area (Å²) in [4.78, 5) is 26.4. The van der Waals surface area contributed by atoms with Crippen molar-refractivity contribution in [2.45, 2.75) is 64.8 Å². The van der Waals surface area contributed by atoms with Crippen molar-refractivity contribution >= 4 is 24.2 Å². The van der Waals surface area contributed by atoms with E-state index in [0.29, 0.717) is 18.2 Å². The van der Waals surface area contributed by atoms with Crippen molar-refractivity contribution in [3.05, 3.63) is 0 Å². The molecule has 0 aliphatic carbocycles. The first-order valence-electron chi connectivity index (χ1n) is 9.42. The zero-order valence-electron chi connectivity index (χ0n) is 15.2. The third-order valence-electron chi connectivity index (χ3n) is 5.45. The topological polar surface area (TPSA) is 61.4 Å². The molecule has 2 rings (SSSR count). The molecular weight excluding hydrogens is 326 g/mol. The Labute approximate surface area is 152 Å². The number of likely N-dealkylation sites (tertiary alicyclic amines) is 1. The molecule has 2 heterocycles. The molecule has 5 nitrogen and oxygen atoms in total. The summed E-state index contributed by atoms with van der Waals surface area (Å²) in [6, 6.07) is 0.245. The van der Waals surface area contributed by atoms with Crippen molar-refractivity contribution in [1.29, 1.82) is 0 Å². The average Bonchev–Trinajstić information content (AvgIpc) is 3.08. The Balaban J connectivity index is 0.00000288. The van der Waals surface area contributed by atoms with Crippen molar-refractivity contribution < 1.29 is 9.59 Å². The first-order valence-corrected chi connectivity index (χ1v) is 9.42. The highest BCUT2D eigenvalue weighted by Crippen LogP contribution is 2.18. The normalized spacial score (nSPS) is 21.6. The molecule has 2 fully saturated rings. The van der Waals surface area contributed by atoms with Crippen LogP contribution in [-0.2, 0) is 9.59 Å². The summed E-state index contributed by atoms with van der Waals surface area (Å²) in [6.07, 6.45) is 6.45. The summed E-state index contributed by atoms with van der Waals surface area (Å²) in [6.45, 7) is 7.89. The highest BCUT2D eigenvalue weighted by Gasteiger charge is 2.27. The van der Waals surface area contributed by atoms with Crippen molar-refractivity contribution in [2.75, 3.05) is 26.2 Å². The van der Waals surface area contributed by atoms with E-state index in [1.54, 1.807) is 0 Å². The van der Waals surface area contributed by atoms with Gasteiger partial charge in [-0.15, -0.1) is 12.4 Å². The molecule has 0 aromatic rings. The minimum absolute atomic E-state index is 0. The van der Waals surface area contributed by atoms with E-state index in [1.807, 2.05) is 4.90 Å². The van der Waals surface area contributed by atoms with Crippen LogP contribution in [0.3, 0.4) is 0 Å². The molecule has 0 spiro atoms. The van der Waals surface area contributed by atoms with Gasteiger partial charge in [0.25, 0.3) is 0 Å². The average molecular weight is 360 g/mol. The van der Waals surface area contributed by atoms with Crippen LogP contribution in [-0.4, -0.2) is 48.9 Å². The second kappa shape index (κ2) is 10.9. The molecule has 0 radical (unpaired) electrons. The molecule has 2 aliphatic rings. The van der Waals surface area contributed by atoms with Crippen molar-refractivity contribution in [3.63, 3.8) is 0 Å². The summed E-state index contributed by atoms with van der Waals surface area (Å²) in [7, 11) is 0. The van der Waals surface area contributed by atoms with Gasteiger partial charge in [0.1, 0.15) is 0 Å². The Hall–Kier alpha value is -0.810. The van der Waals surface area contributed by atoms with Gasteiger partial charge in [0, 0.05) is 31.5 Å². The highest BCUT2D eigenvalue weighted by molar-refractivity contribution is 5.85. The van der Waals surface area contributed by atoms with E-state index >= 15 is 0 Å². The Morgan fingerprint density at radius 1 is 1.17 bits per heavy atom. The highest BCUT2D eigenvalue weighted by atomic mass is 35.5. The second-order valence-electron chi connectivity index (χ2n) is 7.08. The number of rotatable bonds is 7. The lowest BCUT2D eigenvalue weighted by Gasteiger charge is -2.34. The quantitative estimate of drug-likeness (QED) is 0.733. The third-order valence-corrected chi connectivity index (χ3v) is 5.45. The van der Waals surface area contributed by atoms with Gasteiger partial charge in [-0.1, -0.05) is 13.8 Å².